The molecule has 1 aromatic heterocycles. The smallest absolute Gasteiger partial charge is 0.223 e. The van der Waals surface area contributed by atoms with Gasteiger partial charge in [-0.1, -0.05) is 13.0 Å². The number of piperidine rings is 2. The van der Waals surface area contributed by atoms with Gasteiger partial charge >= 0.3 is 0 Å². The third kappa shape index (κ3) is 4.55. The van der Waals surface area contributed by atoms with Gasteiger partial charge in [0.05, 0.1) is 6.04 Å². The fourth-order valence-corrected chi connectivity index (χ4v) is 4.52. The van der Waals surface area contributed by atoms with Crippen molar-refractivity contribution in [2.45, 2.75) is 38.6 Å². The summed E-state index contributed by atoms with van der Waals surface area (Å²) in [7, 11) is 0. The highest BCUT2D eigenvalue weighted by molar-refractivity contribution is 7.10. The van der Waals surface area contributed by atoms with E-state index in [-0.39, 0.29) is 11.8 Å². The zero-order valence-corrected chi connectivity index (χ0v) is 14.9. The Morgan fingerprint density at radius 1 is 1.35 bits per heavy atom. The molecule has 0 aliphatic carbocycles. The van der Waals surface area contributed by atoms with E-state index in [1.807, 2.05) is 11.3 Å². The van der Waals surface area contributed by atoms with Crippen molar-refractivity contribution in [3.05, 3.63) is 22.4 Å². The van der Waals surface area contributed by atoms with Gasteiger partial charge in [0.1, 0.15) is 0 Å². The van der Waals surface area contributed by atoms with Crippen molar-refractivity contribution in [3.8, 4) is 0 Å². The maximum absolute atomic E-state index is 12.5. The second kappa shape index (κ2) is 8.27. The van der Waals surface area contributed by atoms with E-state index in [2.05, 4.69) is 40.0 Å². The Hall–Kier alpha value is -0.910. The molecule has 0 radical (unpaired) electrons. The van der Waals surface area contributed by atoms with Crippen LogP contribution in [-0.2, 0) is 4.79 Å². The summed E-state index contributed by atoms with van der Waals surface area (Å²) in [6, 6.07) is 4.67. The molecule has 1 amide bonds. The first-order valence-electron chi connectivity index (χ1n) is 9.00. The van der Waals surface area contributed by atoms with Gasteiger partial charge in [-0.05, 0) is 69.2 Å². The summed E-state index contributed by atoms with van der Waals surface area (Å²) in [4.78, 5) is 16.4. The monoisotopic (exact) mass is 335 g/mol. The summed E-state index contributed by atoms with van der Waals surface area (Å²) in [5.41, 5.74) is 0. The van der Waals surface area contributed by atoms with Crippen molar-refractivity contribution in [3.63, 3.8) is 0 Å². The van der Waals surface area contributed by atoms with E-state index in [1.165, 1.54) is 17.7 Å². The van der Waals surface area contributed by atoms with Crippen LogP contribution in [0, 0.1) is 11.8 Å². The Labute approximate surface area is 143 Å². The van der Waals surface area contributed by atoms with Crippen molar-refractivity contribution >= 4 is 17.2 Å². The Bertz CT molecular complexity index is 476. The first kappa shape index (κ1) is 16.9. The summed E-state index contributed by atoms with van der Waals surface area (Å²) >= 11 is 1.81. The summed E-state index contributed by atoms with van der Waals surface area (Å²) < 4.78 is 0. The van der Waals surface area contributed by atoms with Crippen LogP contribution in [0.15, 0.2) is 17.5 Å². The van der Waals surface area contributed by atoms with Crippen LogP contribution in [0.25, 0.3) is 0 Å². The number of nitrogens with one attached hydrogen (secondary N) is 2. The van der Waals surface area contributed by atoms with Crippen molar-refractivity contribution in [1.29, 1.82) is 0 Å². The maximum Gasteiger partial charge on any atom is 0.223 e. The van der Waals surface area contributed by atoms with Crippen LogP contribution in [0.1, 0.15) is 43.5 Å². The quantitative estimate of drug-likeness (QED) is 0.869. The second-order valence-electron chi connectivity index (χ2n) is 7.02. The van der Waals surface area contributed by atoms with Crippen molar-refractivity contribution in [1.82, 2.24) is 15.5 Å². The topological polar surface area (TPSA) is 44.4 Å². The van der Waals surface area contributed by atoms with E-state index in [9.17, 15) is 4.79 Å². The van der Waals surface area contributed by atoms with E-state index < -0.39 is 0 Å². The minimum Gasteiger partial charge on any atom is -0.354 e. The van der Waals surface area contributed by atoms with E-state index in [4.69, 9.17) is 0 Å². The molecule has 1 atom stereocenters. The largest absolute Gasteiger partial charge is 0.354 e. The number of thiophene rings is 1. The number of rotatable bonds is 5. The molecule has 0 bridgehead atoms. The molecule has 5 heteroatoms. The third-order valence-corrected chi connectivity index (χ3v) is 6.28. The van der Waals surface area contributed by atoms with Gasteiger partial charge in [-0.15, -0.1) is 11.3 Å². The molecule has 128 valence electrons. The lowest BCUT2D eigenvalue weighted by Crippen LogP contribution is -2.44. The van der Waals surface area contributed by atoms with Crippen LogP contribution in [0.4, 0.5) is 0 Å². The average molecular weight is 336 g/mol. The Balaban J connectivity index is 1.59. The molecule has 3 heterocycles. The molecular formula is C18H29N3OS. The number of hydrogen-bond acceptors (Lipinski definition) is 4. The zero-order chi connectivity index (χ0) is 16.1. The van der Waals surface area contributed by atoms with E-state index >= 15 is 0 Å². The molecule has 0 aromatic carbocycles. The normalized spacial score (nSPS) is 22.8. The van der Waals surface area contributed by atoms with Gasteiger partial charge in [-0.2, -0.15) is 0 Å². The Morgan fingerprint density at radius 2 is 2.09 bits per heavy atom. The Kier molecular flexibility index (Phi) is 6.08. The molecule has 0 saturated carbocycles. The second-order valence-corrected chi connectivity index (χ2v) is 8.00. The highest BCUT2D eigenvalue weighted by Gasteiger charge is 2.27. The van der Waals surface area contributed by atoms with Crippen LogP contribution in [0.5, 0.6) is 0 Å². The van der Waals surface area contributed by atoms with Gasteiger partial charge < -0.3 is 10.6 Å². The van der Waals surface area contributed by atoms with E-state index in [1.54, 1.807) is 0 Å². The number of likely N-dealkylation sites (tertiary alicyclic amines) is 1. The predicted molar refractivity (Wildman–Crippen MR) is 95.6 cm³/mol. The maximum atomic E-state index is 12.5. The molecule has 1 aromatic rings. The molecule has 2 saturated heterocycles. The highest BCUT2D eigenvalue weighted by Crippen LogP contribution is 2.29. The molecular weight excluding hydrogens is 306 g/mol. The minimum absolute atomic E-state index is 0.196. The summed E-state index contributed by atoms with van der Waals surface area (Å²) in [5.74, 6) is 1.28. The molecule has 2 fully saturated rings. The van der Waals surface area contributed by atoms with E-state index in [0.29, 0.717) is 6.04 Å². The number of nitrogens with zero attached hydrogens (tertiary/aromatic N) is 1. The van der Waals surface area contributed by atoms with Gasteiger partial charge in [0, 0.05) is 17.3 Å². The minimum atomic E-state index is 0.196. The van der Waals surface area contributed by atoms with Crippen LogP contribution in [0.2, 0.25) is 0 Å². The molecule has 2 N–H and O–H groups in total. The third-order valence-electron chi connectivity index (χ3n) is 5.31. The van der Waals surface area contributed by atoms with Gasteiger partial charge in [-0.3, -0.25) is 9.69 Å². The molecule has 23 heavy (non-hydrogen) atoms. The zero-order valence-electron chi connectivity index (χ0n) is 14.1. The van der Waals surface area contributed by atoms with Gasteiger partial charge in [0.2, 0.25) is 5.91 Å². The lowest BCUT2D eigenvalue weighted by molar-refractivity contribution is -0.126. The van der Waals surface area contributed by atoms with Crippen LogP contribution >= 0.6 is 11.3 Å². The number of amides is 1. The Morgan fingerprint density at radius 3 is 2.74 bits per heavy atom. The molecule has 0 spiro atoms. The molecule has 2 aliphatic heterocycles. The SMILES string of the molecule is CC1CCN(C(CNC(=O)C2CCNCC2)c2cccs2)CC1. The van der Waals surface area contributed by atoms with Gasteiger partial charge in [0.15, 0.2) is 0 Å². The first-order valence-corrected chi connectivity index (χ1v) is 9.88. The number of carbonyl (C=O) groups is 1. The van der Waals surface area contributed by atoms with Crippen LogP contribution < -0.4 is 10.6 Å². The molecule has 2 aliphatic rings. The first-order chi connectivity index (χ1) is 11.2. The van der Waals surface area contributed by atoms with Crippen LogP contribution in [-0.4, -0.2) is 43.5 Å². The number of carbonyl (C=O) groups excluding carboxylic acids is 1. The van der Waals surface area contributed by atoms with Crippen molar-refractivity contribution < 1.29 is 4.79 Å². The van der Waals surface area contributed by atoms with Gasteiger partial charge in [-0.25, -0.2) is 0 Å². The molecule has 3 rings (SSSR count). The van der Waals surface area contributed by atoms with Crippen LogP contribution in [0.3, 0.4) is 0 Å². The van der Waals surface area contributed by atoms with Crippen molar-refractivity contribution in [2.75, 3.05) is 32.7 Å². The summed E-state index contributed by atoms with van der Waals surface area (Å²) in [5, 5.41) is 8.72. The molecule has 1 unspecified atom stereocenters. The average Bonchev–Trinajstić information content (AvgIpc) is 3.11. The molecule has 4 nitrogen and oxygen atoms in total. The van der Waals surface area contributed by atoms with Crippen molar-refractivity contribution in [2.24, 2.45) is 11.8 Å². The van der Waals surface area contributed by atoms with Gasteiger partial charge in [0.25, 0.3) is 0 Å². The fourth-order valence-electron chi connectivity index (χ4n) is 3.66. The summed E-state index contributed by atoms with van der Waals surface area (Å²) in [6.07, 6.45) is 4.47. The highest BCUT2D eigenvalue weighted by atomic mass is 32.1. The summed E-state index contributed by atoms with van der Waals surface area (Å²) in [6.45, 7) is 7.32. The number of hydrogen-bond donors (Lipinski definition) is 2. The predicted octanol–water partition coefficient (Wildman–Crippen LogP) is 2.64. The lowest BCUT2D eigenvalue weighted by atomic mass is 9.96. The standard InChI is InChI=1S/C18H29N3OS/c1-14-6-10-21(11-7-14)16(17-3-2-12-23-17)13-20-18(22)15-4-8-19-9-5-15/h2-3,12,14-16,19H,4-11,13H2,1H3,(H,20,22). The van der Waals surface area contributed by atoms with E-state index in [0.717, 1.165) is 51.5 Å². The lowest BCUT2D eigenvalue weighted by Gasteiger charge is -2.36. The fraction of sp³-hybridized carbons (Fsp3) is 0.722.